The predicted molar refractivity (Wildman–Crippen MR) is 63.2 cm³/mol. The summed E-state index contributed by atoms with van der Waals surface area (Å²) in [7, 11) is 0. The van der Waals surface area contributed by atoms with Crippen LogP contribution >= 0.6 is 0 Å². The van der Waals surface area contributed by atoms with E-state index in [0.29, 0.717) is 6.42 Å². The van der Waals surface area contributed by atoms with Crippen molar-refractivity contribution in [2.75, 3.05) is 0 Å². The summed E-state index contributed by atoms with van der Waals surface area (Å²) in [6, 6.07) is 10.2. The molecule has 1 aromatic carbocycles. The van der Waals surface area contributed by atoms with Gasteiger partial charge in [-0.15, -0.1) is 0 Å². The monoisotopic (exact) mass is 218 g/mol. The van der Waals surface area contributed by atoms with Gasteiger partial charge in [-0.2, -0.15) is 0 Å². The van der Waals surface area contributed by atoms with Crippen molar-refractivity contribution in [2.45, 2.75) is 44.6 Å². The van der Waals surface area contributed by atoms with Gasteiger partial charge in [0.1, 0.15) is 6.10 Å². The van der Waals surface area contributed by atoms with Gasteiger partial charge >= 0.3 is 5.97 Å². The molecular weight excluding hydrogens is 200 g/mol. The SMILES string of the molecule is CCCC[C@@H]1OC(=O)C[C@H]1c1ccccc1. The molecule has 0 radical (unpaired) electrons. The maximum atomic E-state index is 11.4. The molecule has 0 bridgehead atoms. The van der Waals surface area contributed by atoms with Gasteiger partial charge in [-0.1, -0.05) is 50.1 Å². The van der Waals surface area contributed by atoms with Gasteiger partial charge in [-0.3, -0.25) is 4.79 Å². The van der Waals surface area contributed by atoms with Crippen LogP contribution in [0.25, 0.3) is 0 Å². The van der Waals surface area contributed by atoms with E-state index in [4.69, 9.17) is 4.74 Å². The van der Waals surface area contributed by atoms with Crippen molar-refractivity contribution in [3.8, 4) is 0 Å². The Balaban J connectivity index is 2.09. The van der Waals surface area contributed by atoms with Crippen molar-refractivity contribution < 1.29 is 9.53 Å². The van der Waals surface area contributed by atoms with E-state index >= 15 is 0 Å². The number of carbonyl (C=O) groups is 1. The summed E-state index contributed by atoms with van der Waals surface area (Å²) >= 11 is 0. The lowest BCUT2D eigenvalue weighted by atomic mass is 9.90. The molecular formula is C14H18O2. The molecule has 1 aromatic rings. The lowest BCUT2D eigenvalue weighted by Gasteiger charge is -2.17. The fraction of sp³-hybridized carbons (Fsp3) is 0.500. The van der Waals surface area contributed by atoms with Gasteiger partial charge in [0, 0.05) is 5.92 Å². The highest BCUT2D eigenvalue weighted by Gasteiger charge is 2.34. The zero-order chi connectivity index (χ0) is 11.4. The minimum Gasteiger partial charge on any atom is -0.462 e. The Morgan fingerprint density at radius 3 is 2.75 bits per heavy atom. The Hall–Kier alpha value is -1.31. The number of benzene rings is 1. The van der Waals surface area contributed by atoms with Crippen molar-refractivity contribution in [3.63, 3.8) is 0 Å². The quantitative estimate of drug-likeness (QED) is 0.725. The minimum atomic E-state index is -0.0463. The maximum Gasteiger partial charge on any atom is 0.306 e. The van der Waals surface area contributed by atoms with E-state index in [2.05, 4.69) is 19.1 Å². The lowest BCUT2D eigenvalue weighted by molar-refractivity contribution is -0.141. The van der Waals surface area contributed by atoms with Crippen LogP contribution in [0.15, 0.2) is 30.3 Å². The molecule has 0 aromatic heterocycles. The van der Waals surface area contributed by atoms with Gasteiger partial charge in [0.05, 0.1) is 6.42 Å². The first-order valence-corrected chi connectivity index (χ1v) is 6.05. The van der Waals surface area contributed by atoms with Crippen LogP contribution in [0, 0.1) is 0 Å². The molecule has 0 unspecified atom stereocenters. The standard InChI is InChI=1S/C14H18O2/c1-2-3-9-13-12(10-14(15)16-13)11-7-5-4-6-8-11/h4-8,12-13H,2-3,9-10H2,1H3/t12-,13-/m0/s1. The van der Waals surface area contributed by atoms with Crippen molar-refractivity contribution in [1.29, 1.82) is 0 Å². The van der Waals surface area contributed by atoms with Gasteiger partial charge in [0.25, 0.3) is 0 Å². The highest BCUT2D eigenvalue weighted by molar-refractivity contribution is 5.73. The summed E-state index contributed by atoms with van der Waals surface area (Å²) < 4.78 is 5.39. The average molecular weight is 218 g/mol. The third-order valence-electron chi connectivity index (χ3n) is 3.19. The van der Waals surface area contributed by atoms with Crippen LogP contribution in [0.2, 0.25) is 0 Å². The van der Waals surface area contributed by atoms with Crippen LogP contribution < -0.4 is 0 Å². The van der Waals surface area contributed by atoms with E-state index in [-0.39, 0.29) is 18.0 Å². The summed E-state index contributed by atoms with van der Waals surface area (Å²) in [5, 5.41) is 0. The molecule has 2 rings (SSSR count). The molecule has 1 fully saturated rings. The number of ether oxygens (including phenoxy) is 1. The van der Waals surface area contributed by atoms with E-state index in [1.54, 1.807) is 0 Å². The fourth-order valence-electron chi connectivity index (χ4n) is 2.31. The molecule has 16 heavy (non-hydrogen) atoms. The summed E-state index contributed by atoms with van der Waals surface area (Å²) in [6.45, 7) is 2.16. The highest BCUT2D eigenvalue weighted by atomic mass is 16.5. The highest BCUT2D eigenvalue weighted by Crippen LogP contribution is 2.34. The molecule has 0 amide bonds. The van der Waals surface area contributed by atoms with E-state index in [9.17, 15) is 4.79 Å². The van der Waals surface area contributed by atoms with Gasteiger partial charge < -0.3 is 4.74 Å². The Labute approximate surface area is 96.6 Å². The van der Waals surface area contributed by atoms with E-state index in [1.807, 2.05) is 18.2 Å². The summed E-state index contributed by atoms with van der Waals surface area (Å²) in [5.41, 5.74) is 1.23. The molecule has 0 aliphatic carbocycles. The van der Waals surface area contributed by atoms with Gasteiger partial charge in [0.2, 0.25) is 0 Å². The summed E-state index contributed by atoms with van der Waals surface area (Å²) in [6.07, 6.45) is 3.90. The third-order valence-corrected chi connectivity index (χ3v) is 3.19. The number of cyclic esters (lactones) is 1. The number of hydrogen-bond donors (Lipinski definition) is 0. The van der Waals surface area contributed by atoms with Gasteiger partial charge in [-0.25, -0.2) is 0 Å². The average Bonchev–Trinajstić information content (AvgIpc) is 2.69. The summed E-state index contributed by atoms with van der Waals surface area (Å²) in [5.74, 6) is 0.218. The first kappa shape index (κ1) is 11.2. The van der Waals surface area contributed by atoms with Crippen molar-refractivity contribution in [2.24, 2.45) is 0 Å². The summed E-state index contributed by atoms with van der Waals surface area (Å²) in [4.78, 5) is 11.4. The molecule has 1 aliphatic rings. The minimum absolute atomic E-state index is 0.0463. The number of unbranched alkanes of at least 4 members (excludes halogenated alkanes) is 1. The number of hydrogen-bond acceptors (Lipinski definition) is 2. The van der Waals surface area contributed by atoms with Crippen LogP contribution in [0.5, 0.6) is 0 Å². The van der Waals surface area contributed by atoms with Crippen molar-refractivity contribution >= 4 is 5.97 Å². The Morgan fingerprint density at radius 1 is 1.31 bits per heavy atom. The van der Waals surface area contributed by atoms with Crippen LogP contribution in [-0.2, 0) is 9.53 Å². The molecule has 2 heteroatoms. The Morgan fingerprint density at radius 2 is 2.06 bits per heavy atom. The normalized spacial score (nSPS) is 24.4. The van der Waals surface area contributed by atoms with Crippen LogP contribution in [0.1, 0.15) is 44.1 Å². The second-order valence-electron chi connectivity index (χ2n) is 4.39. The van der Waals surface area contributed by atoms with E-state index < -0.39 is 0 Å². The lowest BCUT2D eigenvalue weighted by Crippen LogP contribution is -2.14. The molecule has 0 N–H and O–H groups in total. The zero-order valence-corrected chi connectivity index (χ0v) is 9.69. The second kappa shape index (κ2) is 5.15. The van der Waals surface area contributed by atoms with Crippen molar-refractivity contribution in [1.82, 2.24) is 0 Å². The Kier molecular flexibility index (Phi) is 3.60. The molecule has 1 saturated heterocycles. The van der Waals surface area contributed by atoms with Crippen LogP contribution in [-0.4, -0.2) is 12.1 Å². The number of rotatable bonds is 4. The van der Waals surface area contributed by atoms with Gasteiger partial charge in [0.15, 0.2) is 0 Å². The maximum absolute atomic E-state index is 11.4. The van der Waals surface area contributed by atoms with Crippen LogP contribution in [0.3, 0.4) is 0 Å². The first-order chi connectivity index (χ1) is 7.81. The Bertz CT molecular complexity index is 345. The molecule has 0 spiro atoms. The predicted octanol–water partition coefficient (Wildman–Crippen LogP) is 3.28. The molecule has 2 atom stereocenters. The molecule has 1 aliphatic heterocycles. The molecule has 2 nitrogen and oxygen atoms in total. The van der Waals surface area contributed by atoms with Gasteiger partial charge in [-0.05, 0) is 12.0 Å². The second-order valence-corrected chi connectivity index (χ2v) is 4.39. The fourth-order valence-corrected chi connectivity index (χ4v) is 2.31. The number of carbonyl (C=O) groups excluding carboxylic acids is 1. The largest absolute Gasteiger partial charge is 0.462 e. The molecule has 86 valence electrons. The van der Waals surface area contributed by atoms with E-state index in [1.165, 1.54) is 5.56 Å². The molecule has 0 saturated carbocycles. The first-order valence-electron chi connectivity index (χ1n) is 6.05. The molecule has 1 heterocycles. The zero-order valence-electron chi connectivity index (χ0n) is 9.69. The topological polar surface area (TPSA) is 26.3 Å². The number of esters is 1. The van der Waals surface area contributed by atoms with Crippen LogP contribution in [0.4, 0.5) is 0 Å². The third kappa shape index (κ3) is 2.43. The van der Waals surface area contributed by atoms with E-state index in [0.717, 1.165) is 19.3 Å². The van der Waals surface area contributed by atoms with Crippen molar-refractivity contribution in [3.05, 3.63) is 35.9 Å². The smallest absolute Gasteiger partial charge is 0.306 e.